The molecule has 1 fully saturated rings. The quantitative estimate of drug-likeness (QED) is 0.622. The van der Waals surface area contributed by atoms with Gasteiger partial charge >= 0.3 is 0 Å². The van der Waals surface area contributed by atoms with Gasteiger partial charge in [-0.1, -0.05) is 24.3 Å². The minimum Gasteiger partial charge on any atom is -0.342 e. The highest BCUT2D eigenvalue weighted by Crippen LogP contribution is 2.27. The third kappa shape index (κ3) is 4.63. The molecule has 1 aromatic heterocycles. The number of nitrogens with one attached hydrogen (secondary N) is 3. The van der Waals surface area contributed by atoms with Crippen LogP contribution in [0, 0.1) is 0 Å². The van der Waals surface area contributed by atoms with E-state index in [9.17, 15) is 9.59 Å². The molecule has 0 bridgehead atoms. The fraction of sp³-hybridized carbons (Fsp3) is 0.318. The molecule has 3 aromatic rings. The molecule has 1 aliphatic rings. The molecule has 1 atom stereocenters. The molecule has 0 saturated carbocycles. The topological polar surface area (TPSA) is 90.1 Å². The van der Waals surface area contributed by atoms with Crippen LogP contribution < -0.4 is 10.6 Å². The lowest BCUT2D eigenvalue weighted by atomic mass is 9.97. The predicted octanol–water partition coefficient (Wildman–Crippen LogP) is 3.34. The van der Waals surface area contributed by atoms with Crippen LogP contribution in [0.25, 0.3) is 11.0 Å². The molecule has 7 nitrogen and oxygen atoms in total. The number of hydrogen-bond acceptors (Lipinski definition) is 4. The zero-order valence-corrected chi connectivity index (χ0v) is 16.4. The third-order valence-corrected chi connectivity index (χ3v) is 5.18. The summed E-state index contributed by atoms with van der Waals surface area (Å²) >= 11 is 0. The summed E-state index contributed by atoms with van der Waals surface area (Å²) in [6.45, 7) is 3.44. The first-order chi connectivity index (χ1) is 14.1. The lowest BCUT2D eigenvalue weighted by Gasteiger charge is -2.31. The number of imidazole rings is 1. The van der Waals surface area contributed by atoms with E-state index in [4.69, 9.17) is 4.98 Å². The van der Waals surface area contributed by atoms with Gasteiger partial charge in [0.25, 0.3) is 0 Å². The molecule has 0 radical (unpaired) electrons. The Morgan fingerprint density at radius 3 is 2.59 bits per heavy atom. The molecular formula is C22H25N5O2. The van der Waals surface area contributed by atoms with Crippen LogP contribution in [0.3, 0.4) is 0 Å². The molecule has 1 saturated heterocycles. The standard InChI is InChI=1S/C22H25N5O2/c1-15(28)23-17-8-2-3-9-18(17)24-21(29)14-27-12-6-7-16(13-27)22-25-19-10-4-5-11-20(19)26-22/h2-5,8-11,16H,6-7,12-14H2,1H3,(H,23,28)(H,24,29)(H,25,26)/t16-/m1/s1. The van der Waals surface area contributed by atoms with Gasteiger partial charge in [0.05, 0.1) is 29.0 Å². The smallest absolute Gasteiger partial charge is 0.238 e. The van der Waals surface area contributed by atoms with E-state index in [0.717, 1.165) is 42.8 Å². The number of anilines is 2. The number of hydrogen-bond donors (Lipinski definition) is 3. The Labute approximate surface area is 169 Å². The van der Waals surface area contributed by atoms with Crippen molar-refractivity contribution in [3.63, 3.8) is 0 Å². The van der Waals surface area contributed by atoms with E-state index in [1.165, 1.54) is 6.92 Å². The molecule has 150 valence electrons. The van der Waals surface area contributed by atoms with E-state index in [2.05, 4.69) is 20.5 Å². The van der Waals surface area contributed by atoms with E-state index in [1.807, 2.05) is 36.4 Å². The summed E-state index contributed by atoms with van der Waals surface area (Å²) in [5.74, 6) is 1.02. The fourth-order valence-corrected chi connectivity index (χ4v) is 3.87. The van der Waals surface area contributed by atoms with Crippen LogP contribution >= 0.6 is 0 Å². The van der Waals surface area contributed by atoms with Crippen LogP contribution in [0.2, 0.25) is 0 Å². The zero-order valence-electron chi connectivity index (χ0n) is 16.4. The van der Waals surface area contributed by atoms with Gasteiger partial charge in [-0.25, -0.2) is 4.98 Å². The minimum atomic E-state index is -0.170. The molecule has 29 heavy (non-hydrogen) atoms. The molecular weight excluding hydrogens is 366 g/mol. The summed E-state index contributed by atoms with van der Waals surface area (Å²) < 4.78 is 0. The lowest BCUT2D eigenvalue weighted by Crippen LogP contribution is -2.40. The maximum atomic E-state index is 12.6. The third-order valence-electron chi connectivity index (χ3n) is 5.18. The van der Waals surface area contributed by atoms with Crippen molar-refractivity contribution < 1.29 is 9.59 Å². The highest BCUT2D eigenvalue weighted by molar-refractivity contribution is 5.99. The number of nitrogens with zero attached hydrogens (tertiary/aromatic N) is 2. The Bertz CT molecular complexity index is 996. The normalized spacial score (nSPS) is 17.2. The summed E-state index contributed by atoms with van der Waals surface area (Å²) in [5, 5.41) is 5.66. The number of para-hydroxylation sites is 4. The zero-order chi connectivity index (χ0) is 20.2. The monoisotopic (exact) mass is 391 g/mol. The highest BCUT2D eigenvalue weighted by atomic mass is 16.2. The number of aromatic amines is 1. The van der Waals surface area contributed by atoms with E-state index in [-0.39, 0.29) is 17.7 Å². The lowest BCUT2D eigenvalue weighted by molar-refractivity contribution is -0.117. The number of carbonyl (C=O) groups is 2. The number of fused-ring (bicyclic) bond motifs is 1. The van der Waals surface area contributed by atoms with E-state index >= 15 is 0 Å². The van der Waals surface area contributed by atoms with Gasteiger partial charge in [-0.15, -0.1) is 0 Å². The molecule has 2 amide bonds. The second kappa shape index (κ2) is 8.45. The van der Waals surface area contributed by atoms with Gasteiger partial charge < -0.3 is 15.6 Å². The Hall–Kier alpha value is -3.19. The summed E-state index contributed by atoms with van der Waals surface area (Å²) in [4.78, 5) is 34.3. The Morgan fingerprint density at radius 2 is 1.83 bits per heavy atom. The number of benzene rings is 2. The largest absolute Gasteiger partial charge is 0.342 e. The average molecular weight is 391 g/mol. The van der Waals surface area contributed by atoms with Crippen LogP contribution in [-0.2, 0) is 9.59 Å². The van der Waals surface area contributed by atoms with Crippen molar-refractivity contribution in [2.24, 2.45) is 0 Å². The van der Waals surface area contributed by atoms with Gasteiger partial charge in [-0.2, -0.15) is 0 Å². The molecule has 2 heterocycles. The molecule has 2 aromatic carbocycles. The summed E-state index contributed by atoms with van der Waals surface area (Å²) in [6, 6.07) is 15.3. The number of piperidine rings is 1. The van der Waals surface area contributed by atoms with Crippen molar-refractivity contribution in [2.75, 3.05) is 30.3 Å². The number of carbonyl (C=O) groups excluding carboxylic acids is 2. The second-order valence-electron chi connectivity index (χ2n) is 7.49. The number of likely N-dealkylation sites (tertiary alicyclic amines) is 1. The maximum absolute atomic E-state index is 12.6. The first-order valence-corrected chi connectivity index (χ1v) is 9.92. The summed E-state index contributed by atoms with van der Waals surface area (Å²) in [7, 11) is 0. The fourth-order valence-electron chi connectivity index (χ4n) is 3.87. The molecule has 0 spiro atoms. The molecule has 4 rings (SSSR count). The van der Waals surface area contributed by atoms with Crippen molar-refractivity contribution in [3.8, 4) is 0 Å². The van der Waals surface area contributed by atoms with Crippen molar-refractivity contribution in [1.82, 2.24) is 14.9 Å². The van der Waals surface area contributed by atoms with Crippen LogP contribution in [0.4, 0.5) is 11.4 Å². The van der Waals surface area contributed by atoms with E-state index in [0.29, 0.717) is 17.9 Å². The number of rotatable bonds is 5. The van der Waals surface area contributed by atoms with Crippen LogP contribution in [-0.4, -0.2) is 46.3 Å². The van der Waals surface area contributed by atoms with Gasteiger partial charge in [0, 0.05) is 19.4 Å². The van der Waals surface area contributed by atoms with Crippen molar-refractivity contribution in [2.45, 2.75) is 25.7 Å². The number of amides is 2. The second-order valence-corrected chi connectivity index (χ2v) is 7.49. The van der Waals surface area contributed by atoms with E-state index < -0.39 is 0 Å². The Balaban J connectivity index is 1.39. The molecule has 7 heteroatoms. The molecule has 3 N–H and O–H groups in total. The van der Waals surface area contributed by atoms with Crippen molar-refractivity contribution >= 4 is 34.2 Å². The van der Waals surface area contributed by atoms with Gasteiger partial charge in [0.2, 0.25) is 11.8 Å². The number of aromatic nitrogens is 2. The van der Waals surface area contributed by atoms with Crippen LogP contribution in [0.15, 0.2) is 48.5 Å². The van der Waals surface area contributed by atoms with Gasteiger partial charge in [-0.3, -0.25) is 14.5 Å². The summed E-state index contributed by atoms with van der Waals surface area (Å²) in [5.41, 5.74) is 3.24. The van der Waals surface area contributed by atoms with E-state index in [1.54, 1.807) is 12.1 Å². The van der Waals surface area contributed by atoms with Gasteiger partial charge in [0.15, 0.2) is 0 Å². The van der Waals surface area contributed by atoms with Gasteiger partial charge in [0.1, 0.15) is 5.82 Å². The van der Waals surface area contributed by atoms with Crippen LogP contribution in [0.1, 0.15) is 31.5 Å². The molecule has 0 aliphatic carbocycles. The average Bonchev–Trinajstić information content (AvgIpc) is 3.14. The highest BCUT2D eigenvalue weighted by Gasteiger charge is 2.25. The Kier molecular flexibility index (Phi) is 5.57. The Morgan fingerprint density at radius 1 is 1.10 bits per heavy atom. The molecule has 1 aliphatic heterocycles. The predicted molar refractivity (Wildman–Crippen MR) is 114 cm³/mol. The first-order valence-electron chi connectivity index (χ1n) is 9.92. The first kappa shape index (κ1) is 19.1. The van der Waals surface area contributed by atoms with Crippen LogP contribution in [0.5, 0.6) is 0 Å². The van der Waals surface area contributed by atoms with Gasteiger partial charge in [-0.05, 0) is 43.7 Å². The van der Waals surface area contributed by atoms with Crippen molar-refractivity contribution in [1.29, 1.82) is 0 Å². The minimum absolute atomic E-state index is 0.0898. The SMILES string of the molecule is CC(=O)Nc1ccccc1NC(=O)CN1CCC[C@@H](c2nc3ccccc3[nH]2)C1. The maximum Gasteiger partial charge on any atom is 0.238 e. The summed E-state index contributed by atoms with van der Waals surface area (Å²) in [6.07, 6.45) is 2.08. The van der Waals surface area contributed by atoms with Crippen molar-refractivity contribution in [3.05, 3.63) is 54.4 Å². The number of H-pyrrole nitrogens is 1. The molecule has 0 unspecified atom stereocenters.